The molecule has 0 spiro atoms. The van der Waals surface area contributed by atoms with Crippen LogP contribution in [0.2, 0.25) is 0 Å². The van der Waals surface area contributed by atoms with E-state index >= 15 is 0 Å². The summed E-state index contributed by atoms with van der Waals surface area (Å²) in [5.74, 6) is 0. The topological polar surface area (TPSA) is 394 Å². The minimum Gasteiger partial charge on any atom is -0.593 e. The van der Waals surface area contributed by atoms with E-state index in [1.165, 1.54) is 0 Å². The summed E-state index contributed by atoms with van der Waals surface area (Å²) in [4.78, 5) is 0. The van der Waals surface area contributed by atoms with Gasteiger partial charge in [-0.2, -0.15) is 0 Å². The van der Waals surface area contributed by atoms with E-state index in [1.807, 2.05) is 0 Å². The molecule has 0 unspecified atom stereocenters. The third-order valence-electron chi connectivity index (χ3n) is 10.2. The predicted molar refractivity (Wildman–Crippen MR) is 210 cm³/mol. The Balaban J connectivity index is 0.000000918. The quantitative estimate of drug-likeness (QED) is 0.0979. The summed E-state index contributed by atoms with van der Waals surface area (Å²) >= 11 is 0. The molecule has 3 radical (unpaired) electrons. The molecule has 0 aromatic heterocycles. The van der Waals surface area contributed by atoms with Crippen LogP contribution in [0.4, 0.5) is 0 Å². The minimum absolute atomic E-state index is 0. The monoisotopic (exact) mass is 1220 g/mol. The van der Waals surface area contributed by atoms with Gasteiger partial charge < -0.3 is 83.5 Å². The number of rotatable bonds is 12. The maximum Gasteiger partial charge on any atom is 0.0685 e. The van der Waals surface area contributed by atoms with E-state index in [1.54, 1.807) is 0 Å². The molecule has 0 aromatic carbocycles. The van der Waals surface area contributed by atoms with Crippen molar-refractivity contribution in [2.45, 2.75) is 88.9 Å². The Hall–Kier alpha value is 0.941. The summed E-state index contributed by atoms with van der Waals surface area (Å²) in [6.45, 7) is 16.1. The first-order chi connectivity index (χ1) is 29.8. The molecule has 8 heterocycles. The molecule has 8 aliphatic rings. The Labute approximate surface area is 425 Å². The molecule has 0 saturated carbocycles. The molecule has 8 rings (SSSR count). The van der Waals surface area contributed by atoms with Crippen LogP contribution in [0.3, 0.4) is 0 Å². The molecule has 32 nitrogen and oxygen atoms in total. The smallest absolute Gasteiger partial charge is 0.0685 e. The molecule has 8 aliphatic heterocycles. The standard InChI is InChI=1S/2C15H28N8.3Ag.4H3NO3/c2*1-5-16-20(9-1)14(21-10-2-6-17-21)13-15(22-11-3-7-18-22)23-12-4-8-19-23;;;;4*2-1(3)4/h2*14-15H,1-13H2;;;;4*2-4H/q2*-4;;;;;;;. The molecule has 401 valence electrons. The van der Waals surface area contributed by atoms with Crippen LogP contribution in [0, 0.1) is 0 Å². The molecular weight excluding hydrogens is 1160 g/mol. The molecule has 0 aromatic rings. The van der Waals surface area contributed by atoms with Crippen molar-refractivity contribution >= 4 is 0 Å². The summed E-state index contributed by atoms with van der Waals surface area (Å²) < 4.78 is 0. The summed E-state index contributed by atoms with van der Waals surface area (Å²) in [7, 11) is 0. The summed E-state index contributed by atoms with van der Waals surface area (Å²) in [6.07, 6.45) is 12.3. The molecule has 65 heavy (non-hydrogen) atoms. The molecule has 0 bridgehead atoms. The van der Waals surface area contributed by atoms with E-state index in [0.29, 0.717) is 0 Å². The van der Waals surface area contributed by atoms with E-state index in [4.69, 9.17) is 106 Å². The van der Waals surface area contributed by atoms with Gasteiger partial charge in [0.15, 0.2) is 0 Å². The van der Waals surface area contributed by atoms with E-state index in [-0.39, 0.29) is 91.8 Å². The Morgan fingerprint density at radius 2 is 0.369 bits per heavy atom. The van der Waals surface area contributed by atoms with Crippen molar-refractivity contribution < 1.29 is 130 Å². The Bertz CT molecular complexity index is 860. The largest absolute Gasteiger partial charge is 0.593 e. The summed E-state index contributed by atoms with van der Waals surface area (Å²) in [6, 6.07) is 0. The molecule has 35 heteroatoms. The minimum atomic E-state index is -1.00. The average molecular weight is 1220 g/mol. The van der Waals surface area contributed by atoms with Crippen LogP contribution in [0.5, 0.6) is 0 Å². The van der Waals surface area contributed by atoms with Gasteiger partial charge in [0, 0.05) is 91.8 Å². The zero-order chi connectivity index (χ0) is 45.3. The van der Waals surface area contributed by atoms with Gasteiger partial charge >= 0.3 is 0 Å². The summed E-state index contributed by atoms with van der Waals surface area (Å²) in [5.41, 5.74) is 37.8. The van der Waals surface area contributed by atoms with Crippen molar-refractivity contribution in [3.8, 4) is 0 Å². The predicted octanol–water partition coefficient (Wildman–Crippen LogP) is 1.83. The third kappa shape index (κ3) is 27.4. The van der Waals surface area contributed by atoms with Gasteiger partial charge in [-0.25, -0.2) is 0 Å². The van der Waals surface area contributed by atoms with Crippen molar-refractivity contribution in [1.29, 1.82) is 0 Å². The van der Waals surface area contributed by atoms with Gasteiger partial charge in [0.25, 0.3) is 0 Å². The molecule has 8 fully saturated rings. The van der Waals surface area contributed by atoms with Crippen LogP contribution in [-0.2, 0) is 67.1 Å². The zero-order valence-electron chi connectivity index (χ0n) is 35.9. The fourth-order valence-corrected chi connectivity index (χ4v) is 7.93. The maximum absolute atomic E-state index is 7.00. The normalized spacial score (nSPS) is 22.7. The van der Waals surface area contributed by atoms with Gasteiger partial charge in [0.2, 0.25) is 0 Å². The fraction of sp³-hybridized carbons (Fsp3) is 1.00. The van der Waals surface area contributed by atoms with Gasteiger partial charge in [-0.05, 0) is 65.2 Å². The molecule has 0 aliphatic carbocycles. The van der Waals surface area contributed by atoms with E-state index in [0.717, 1.165) is 169 Å². The van der Waals surface area contributed by atoms with Crippen molar-refractivity contribution in [3.63, 3.8) is 0 Å². The SMILES string of the molecule is C1C[N-]N(C(CC(N2CCC[N-]2)N2CCC[N-]2)N2CCC[N-]2)C1.C1C[N-]N(C(CC(N2CCC[N-]2)N2CCC[N-]2)N2CCC[N-]2)C1.ON(O)O.ON(O)O.ON(O)O.ON(O)O.[Ag].[Ag].[Ag]. The first-order valence-electron chi connectivity index (χ1n) is 20.8. The van der Waals surface area contributed by atoms with Crippen molar-refractivity contribution in [1.82, 2.24) is 61.6 Å². The van der Waals surface area contributed by atoms with Crippen LogP contribution in [-0.4, -0.2) is 253 Å². The van der Waals surface area contributed by atoms with Gasteiger partial charge in [0.1, 0.15) is 0 Å². The van der Waals surface area contributed by atoms with E-state index in [9.17, 15) is 0 Å². The Morgan fingerprint density at radius 1 is 0.262 bits per heavy atom. The Morgan fingerprint density at radius 3 is 0.446 bits per heavy atom. The maximum atomic E-state index is 7.00. The zero-order valence-corrected chi connectivity index (χ0v) is 40.4. The van der Waals surface area contributed by atoms with Crippen LogP contribution >= 0.6 is 0 Å². The molecular formula is C30H68Ag3N20O12-8. The first-order valence-corrected chi connectivity index (χ1v) is 20.8. The second kappa shape index (κ2) is 38.6. The van der Waals surface area contributed by atoms with Crippen LogP contribution in [0.25, 0.3) is 43.4 Å². The fourth-order valence-electron chi connectivity index (χ4n) is 7.93. The molecule has 0 amide bonds. The van der Waals surface area contributed by atoms with Crippen LogP contribution in [0.15, 0.2) is 0 Å². The first kappa shape index (κ1) is 65.9. The third-order valence-corrected chi connectivity index (χ3v) is 10.2. The second-order valence-electron chi connectivity index (χ2n) is 14.5. The Kier molecular flexibility index (Phi) is 39.2. The molecule has 12 N–H and O–H groups in total. The number of nitrogens with zero attached hydrogens (tertiary/aromatic N) is 20. The number of hydrogen-bond donors (Lipinski definition) is 12. The average Bonchev–Trinajstić information content (AvgIpc) is 4.05. The van der Waals surface area contributed by atoms with Gasteiger partial charge in [-0.15, -0.1) is 52.4 Å². The number of hydrogen-bond acceptors (Lipinski definition) is 24. The van der Waals surface area contributed by atoms with Crippen molar-refractivity contribution in [2.24, 2.45) is 0 Å². The van der Waals surface area contributed by atoms with Gasteiger partial charge in [0.05, 0.1) is 21.6 Å². The van der Waals surface area contributed by atoms with Crippen molar-refractivity contribution in [2.75, 3.05) is 105 Å². The van der Waals surface area contributed by atoms with Gasteiger partial charge in [-0.1, -0.05) is 51.4 Å². The van der Waals surface area contributed by atoms with Crippen LogP contribution in [0.1, 0.15) is 64.2 Å². The second-order valence-corrected chi connectivity index (χ2v) is 14.5. The van der Waals surface area contributed by atoms with Crippen molar-refractivity contribution in [3.05, 3.63) is 43.4 Å². The molecule has 8 saturated heterocycles. The van der Waals surface area contributed by atoms with Gasteiger partial charge in [-0.3, -0.25) is 62.5 Å². The van der Waals surface area contributed by atoms with E-state index < -0.39 is 21.6 Å². The summed E-state index contributed by atoms with van der Waals surface area (Å²) in [5, 5.41) is 98.2. The van der Waals surface area contributed by atoms with Crippen LogP contribution < -0.4 is 0 Å². The van der Waals surface area contributed by atoms with E-state index in [2.05, 4.69) is 40.1 Å². The molecule has 0 atom stereocenters.